The number of hydrogen-bond donors (Lipinski definition) is 2. The Hall–Kier alpha value is -1.70. The molecule has 1 amide bonds. The predicted octanol–water partition coefficient (Wildman–Crippen LogP) is 1.38. The Balaban J connectivity index is 2.78. The van der Waals surface area contributed by atoms with Gasteiger partial charge < -0.3 is 15.2 Å². The van der Waals surface area contributed by atoms with Crippen LogP contribution in [0.1, 0.15) is 17.3 Å². The van der Waals surface area contributed by atoms with Crippen molar-refractivity contribution >= 4 is 23.2 Å². The molecule has 0 aliphatic heterocycles. The molecule has 0 radical (unpaired) electrons. The summed E-state index contributed by atoms with van der Waals surface area (Å²) >= 11 is 5.66. The molecule has 1 aromatic rings. The van der Waals surface area contributed by atoms with E-state index in [0.29, 0.717) is 0 Å². The number of methoxy groups -OCH3 is 1. The van der Waals surface area contributed by atoms with Crippen LogP contribution in [0, 0.1) is 10.1 Å². The summed E-state index contributed by atoms with van der Waals surface area (Å²) in [7, 11) is 1.43. The van der Waals surface area contributed by atoms with E-state index in [2.05, 4.69) is 5.32 Å². The fourth-order valence-electron chi connectivity index (χ4n) is 1.53. The van der Waals surface area contributed by atoms with Crippen molar-refractivity contribution in [2.45, 2.75) is 12.5 Å². The summed E-state index contributed by atoms with van der Waals surface area (Å²) in [5, 5.41) is 23.0. The van der Waals surface area contributed by atoms with Gasteiger partial charge in [-0.05, 0) is 19.1 Å². The number of rotatable bonds is 6. The van der Waals surface area contributed by atoms with Gasteiger partial charge in [0.05, 0.1) is 11.5 Å². The number of amides is 1. The van der Waals surface area contributed by atoms with E-state index >= 15 is 0 Å². The topological polar surface area (TPSA) is 102 Å². The molecule has 1 unspecified atom stereocenters. The van der Waals surface area contributed by atoms with Crippen LogP contribution >= 0.6 is 11.6 Å². The number of nitro benzene ring substituents is 1. The molecule has 0 aliphatic carbocycles. The quantitative estimate of drug-likeness (QED) is 0.610. The lowest BCUT2D eigenvalue weighted by Crippen LogP contribution is -2.43. The Labute approximate surface area is 120 Å². The highest BCUT2D eigenvalue weighted by molar-refractivity contribution is 6.32. The molecule has 0 aromatic heterocycles. The Bertz CT molecular complexity index is 519. The molecule has 0 spiro atoms. The molecule has 110 valence electrons. The number of ether oxygens (including phenoxy) is 1. The minimum Gasteiger partial charge on any atom is -0.386 e. The predicted molar refractivity (Wildman–Crippen MR) is 72.9 cm³/mol. The summed E-state index contributed by atoms with van der Waals surface area (Å²) in [5.41, 5.74) is -1.47. The molecule has 7 nitrogen and oxygen atoms in total. The Morgan fingerprint density at radius 3 is 2.80 bits per heavy atom. The molecule has 0 aliphatic rings. The third-order valence-electron chi connectivity index (χ3n) is 2.49. The van der Waals surface area contributed by atoms with E-state index in [9.17, 15) is 20.0 Å². The number of carbonyl (C=O) groups excluding carboxylic acids is 1. The summed E-state index contributed by atoms with van der Waals surface area (Å²) in [5.74, 6) is -0.541. The molecular formula is C12H15ClN2O5. The summed E-state index contributed by atoms with van der Waals surface area (Å²) < 4.78 is 4.80. The zero-order valence-corrected chi connectivity index (χ0v) is 11.8. The van der Waals surface area contributed by atoms with Crippen LogP contribution in [-0.4, -0.2) is 41.8 Å². The van der Waals surface area contributed by atoms with Gasteiger partial charge in [0, 0.05) is 25.3 Å². The number of nitro groups is 1. The van der Waals surface area contributed by atoms with Crippen molar-refractivity contribution in [2.75, 3.05) is 20.3 Å². The molecule has 0 fully saturated rings. The number of benzene rings is 1. The van der Waals surface area contributed by atoms with Crippen LogP contribution in [0.5, 0.6) is 0 Å². The van der Waals surface area contributed by atoms with Gasteiger partial charge in [0.2, 0.25) is 0 Å². The first-order chi connectivity index (χ1) is 9.26. The van der Waals surface area contributed by atoms with Gasteiger partial charge in [-0.1, -0.05) is 11.6 Å². The van der Waals surface area contributed by atoms with Crippen LogP contribution in [0.15, 0.2) is 18.2 Å². The molecule has 1 rings (SSSR count). The smallest absolute Gasteiger partial charge is 0.288 e. The van der Waals surface area contributed by atoms with Crippen molar-refractivity contribution in [3.63, 3.8) is 0 Å². The summed E-state index contributed by atoms with van der Waals surface area (Å²) in [6, 6.07) is 3.74. The molecule has 2 N–H and O–H groups in total. The third-order valence-corrected chi connectivity index (χ3v) is 2.81. The Morgan fingerprint density at radius 2 is 2.25 bits per heavy atom. The van der Waals surface area contributed by atoms with Gasteiger partial charge in [-0.15, -0.1) is 0 Å². The van der Waals surface area contributed by atoms with E-state index in [4.69, 9.17) is 16.3 Å². The SMILES string of the molecule is COCC(C)(O)CNC(=O)c1ccc(Cl)c([N+](=O)[O-])c1. The number of carbonyl (C=O) groups is 1. The van der Waals surface area contributed by atoms with Gasteiger partial charge in [0.25, 0.3) is 11.6 Å². The lowest BCUT2D eigenvalue weighted by molar-refractivity contribution is -0.384. The van der Waals surface area contributed by atoms with E-state index < -0.39 is 16.4 Å². The van der Waals surface area contributed by atoms with Gasteiger partial charge in [0.15, 0.2) is 0 Å². The zero-order valence-electron chi connectivity index (χ0n) is 11.1. The van der Waals surface area contributed by atoms with E-state index in [-0.39, 0.29) is 29.4 Å². The number of nitrogens with zero attached hydrogens (tertiary/aromatic N) is 1. The van der Waals surface area contributed by atoms with E-state index in [0.717, 1.165) is 6.07 Å². The molecule has 1 aromatic carbocycles. The first-order valence-corrected chi connectivity index (χ1v) is 6.08. The largest absolute Gasteiger partial charge is 0.386 e. The minimum absolute atomic E-state index is 0.0436. The van der Waals surface area contributed by atoms with Crippen LogP contribution in [0.4, 0.5) is 5.69 Å². The van der Waals surface area contributed by atoms with Gasteiger partial charge in [0.1, 0.15) is 10.6 Å². The van der Waals surface area contributed by atoms with Crippen molar-refractivity contribution in [3.8, 4) is 0 Å². The standard InChI is InChI=1S/C12H15ClN2O5/c1-12(17,7-20-2)6-14-11(16)8-3-4-9(13)10(5-8)15(18)19/h3-5,17H,6-7H2,1-2H3,(H,14,16). The van der Waals surface area contributed by atoms with Crippen molar-refractivity contribution in [3.05, 3.63) is 38.9 Å². The summed E-state index contributed by atoms with van der Waals surface area (Å²) in [6.45, 7) is 1.51. The van der Waals surface area contributed by atoms with Crippen LogP contribution in [-0.2, 0) is 4.74 Å². The Morgan fingerprint density at radius 1 is 1.60 bits per heavy atom. The third kappa shape index (κ3) is 4.44. The molecule has 8 heteroatoms. The monoisotopic (exact) mass is 302 g/mol. The second-order valence-corrected chi connectivity index (χ2v) is 4.94. The van der Waals surface area contributed by atoms with Crippen molar-refractivity contribution in [2.24, 2.45) is 0 Å². The molecule has 0 heterocycles. The molecule has 0 saturated heterocycles. The molecule has 0 bridgehead atoms. The highest BCUT2D eigenvalue weighted by Gasteiger charge is 2.22. The molecular weight excluding hydrogens is 288 g/mol. The van der Waals surface area contributed by atoms with Crippen molar-refractivity contribution < 1.29 is 19.6 Å². The first kappa shape index (κ1) is 16.4. The number of nitrogens with one attached hydrogen (secondary N) is 1. The maximum Gasteiger partial charge on any atom is 0.288 e. The number of aliphatic hydroxyl groups is 1. The van der Waals surface area contributed by atoms with E-state index in [1.807, 2.05) is 0 Å². The number of hydrogen-bond acceptors (Lipinski definition) is 5. The zero-order chi connectivity index (χ0) is 15.3. The van der Waals surface area contributed by atoms with Crippen molar-refractivity contribution in [1.82, 2.24) is 5.32 Å². The maximum absolute atomic E-state index is 11.9. The molecule has 20 heavy (non-hydrogen) atoms. The lowest BCUT2D eigenvalue weighted by atomic mass is 10.1. The second-order valence-electron chi connectivity index (χ2n) is 4.54. The second kappa shape index (κ2) is 6.65. The van der Waals surface area contributed by atoms with Gasteiger partial charge in [-0.25, -0.2) is 0 Å². The van der Waals surface area contributed by atoms with Crippen LogP contribution < -0.4 is 5.32 Å². The highest BCUT2D eigenvalue weighted by Crippen LogP contribution is 2.25. The molecule has 0 saturated carbocycles. The fourth-order valence-corrected chi connectivity index (χ4v) is 1.72. The van der Waals surface area contributed by atoms with Gasteiger partial charge >= 0.3 is 0 Å². The average Bonchev–Trinajstić information content (AvgIpc) is 2.36. The lowest BCUT2D eigenvalue weighted by Gasteiger charge is -2.22. The van der Waals surface area contributed by atoms with Crippen LogP contribution in [0.3, 0.4) is 0 Å². The fraction of sp³-hybridized carbons (Fsp3) is 0.417. The van der Waals surface area contributed by atoms with Gasteiger partial charge in [-0.3, -0.25) is 14.9 Å². The first-order valence-electron chi connectivity index (χ1n) is 5.70. The van der Waals surface area contributed by atoms with E-state index in [1.165, 1.54) is 26.2 Å². The average molecular weight is 303 g/mol. The summed E-state index contributed by atoms with van der Waals surface area (Å²) in [6.07, 6.45) is 0. The Kier molecular flexibility index (Phi) is 5.43. The van der Waals surface area contributed by atoms with Crippen molar-refractivity contribution in [1.29, 1.82) is 0 Å². The molecule has 1 atom stereocenters. The highest BCUT2D eigenvalue weighted by atomic mass is 35.5. The van der Waals surface area contributed by atoms with Gasteiger partial charge in [-0.2, -0.15) is 0 Å². The minimum atomic E-state index is -1.22. The number of halogens is 1. The van der Waals surface area contributed by atoms with Crippen LogP contribution in [0.25, 0.3) is 0 Å². The normalized spacial score (nSPS) is 13.6. The summed E-state index contributed by atoms with van der Waals surface area (Å²) in [4.78, 5) is 21.9. The maximum atomic E-state index is 11.9. The van der Waals surface area contributed by atoms with Crippen LogP contribution in [0.2, 0.25) is 5.02 Å². The van der Waals surface area contributed by atoms with E-state index in [1.54, 1.807) is 0 Å².